The highest BCUT2D eigenvalue weighted by molar-refractivity contribution is 5.95. The molecule has 0 aliphatic heterocycles. The Morgan fingerprint density at radius 3 is 2.67 bits per heavy atom. The van der Waals surface area contributed by atoms with E-state index < -0.39 is 0 Å². The third kappa shape index (κ3) is 2.86. The zero-order valence-electron chi connectivity index (χ0n) is 11.1. The van der Waals surface area contributed by atoms with Crippen molar-refractivity contribution in [2.24, 2.45) is 0 Å². The number of rotatable bonds is 3. The van der Waals surface area contributed by atoms with Gasteiger partial charge < -0.3 is 5.32 Å². The fourth-order valence-corrected chi connectivity index (χ4v) is 2.00. The quantitative estimate of drug-likeness (QED) is 0.803. The second-order valence-corrected chi connectivity index (χ2v) is 4.56. The summed E-state index contributed by atoms with van der Waals surface area (Å²) in [5, 5.41) is 11.4. The topological polar surface area (TPSA) is 54.9 Å². The number of hydrogen-bond donors (Lipinski definition) is 1. The molecule has 2 aromatic carbocycles. The van der Waals surface area contributed by atoms with Gasteiger partial charge in [0, 0.05) is 17.5 Å². The van der Waals surface area contributed by atoms with Gasteiger partial charge in [0.15, 0.2) is 5.69 Å². The van der Waals surface area contributed by atoms with Crippen LogP contribution in [0, 0.1) is 5.82 Å². The first-order valence-electron chi connectivity index (χ1n) is 6.48. The Kier molecular flexibility index (Phi) is 3.55. The summed E-state index contributed by atoms with van der Waals surface area (Å²) < 4.78 is 13.5. The Morgan fingerprint density at radius 1 is 1.05 bits per heavy atom. The minimum atomic E-state index is -0.378. The SMILES string of the molecule is O=C(NCc1ccccc1F)c1cc2ccccc2nn1. The third-order valence-electron chi connectivity index (χ3n) is 3.12. The van der Waals surface area contributed by atoms with Gasteiger partial charge in [0.2, 0.25) is 0 Å². The van der Waals surface area contributed by atoms with Gasteiger partial charge in [-0.15, -0.1) is 10.2 Å². The third-order valence-corrected chi connectivity index (χ3v) is 3.12. The van der Waals surface area contributed by atoms with Crippen LogP contribution in [0.15, 0.2) is 54.6 Å². The Hall–Kier alpha value is -2.82. The van der Waals surface area contributed by atoms with Crippen molar-refractivity contribution in [1.82, 2.24) is 15.5 Å². The summed E-state index contributed by atoms with van der Waals surface area (Å²) >= 11 is 0. The largest absolute Gasteiger partial charge is 0.346 e. The number of carbonyl (C=O) groups excluding carboxylic acids is 1. The molecule has 0 unspecified atom stereocenters. The average molecular weight is 281 g/mol. The number of fused-ring (bicyclic) bond motifs is 1. The highest BCUT2D eigenvalue weighted by Crippen LogP contribution is 2.11. The highest BCUT2D eigenvalue weighted by atomic mass is 19.1. The van der Waals surface area contributed by atoms with Crippen LogP contribution in [0.4, 0.5) is 4.39 Å². The van der Waals surface area contributed by atoms with E-state index in [1.54, 1.807) is 24.3 Å². The number of amides is 1. The Bertz CT molecular complexity index is 804. The van der Waals surface area contributed by atoms with E-state index in [1.807, 2.05) is 24.3 Å². The van der Waals surface area contributed by atoms with Crippen LogP contribution >= 0.6 is 0 Å². The van der Waals surface area contributed by atoms with Gasteiger partial charge in [-0.2, -0.15) is 0 Å². The lowest BCUT2D eigenvalue weighted by Crippen LogP contribution is -2.24. The first-order chi connectivity index (χ1) is 10.2. The predicted octanol–water partition coefficient (Wildman–Crippen LogP) is 2.70. The molecule has 3 rings (SSSR count). The first-order valence-corrected chi connectivity index (χ1v) is 6.48. The number of halogens is 1. The van der Waals surface area contributed by atoms with Gasteiger partial charge in [0.05, 0.1) is 5.52 Å². The molecule has 0 spiro atoms. The van der Waals surface area contributed by atoms with Gasteiger partial charge in [0.1, 0.15) is 5.82 Å². The molecule has 5 heteroatoms. The lowest BCUT2D eigenvalue weighted by molar-refractivity contribution is 0.0945. The molecular formula is C16H12FN3O. The molecule has 21 heavy (non-hydrogen) atoms. The fourth-order valence-electron chi connectivity index (χ4n) is 2.00. The van der Waals surface area contributed by atoms with Crippen LogP contribution in [-0.4, -0.2) is 16.1 Å². The van der Waals surface area contributed by atoms with Crippen molar-refractivity contribution in [3.05, 3.63) is 71.7 Å². The first kappa shape index (κ1) is 13.2. The van der Waals surface area contributed by atoms with Crippen LogP contribution in [0.2, 0.25) is 0 Å². The summed E-state index contributed by atoms with van der Waals surface area (Å²) in [7, 11) is 0. The van der Waals surface area contributed by atoms with E-state index in [0.717, 1.165) is 10.9 Å². The van der Waals surface area contributed by atoms with Crippen molar-refractivity contribution in [2.45, 2.75) is 6.54 Å². The van der Waals surface area contributed by atoms with Gasteiger partial charge in [-0.3, -0.25) is 4.79 Å². The minimum Gasteiger partial charge on any atom is -0.346 e. The zero-order valence-corrected chi connectivity index (χ0v) is 11.1. The van der Waals surface area contributed by atoms with Crippen molar-refractivity contribution < 1.29 is 9.18 Å². The molecule has 1 aromatic heterocycles. The molecule has 1 amide bonds. The standard InChI is InChI=1S/C16H12FN3O/c17-13-7-3-1-6-12(13)10-18-16(21)15-9-11-5-2-4-8-14(11)19-20-15/h1-9H,10H2,(H,18,21). The van der Waals surface area contributed by atoms with E-state index in [-0.39, 0.29) is 24.0 Å². The molecule has 0 saturated carbocycles. The summed E-state index contributed by atoms with van der Waals surface area (Å²) in [5.74, 6) is -0.723. The monoisotopic (exact) mass is 281 g/mol. The molecule has 0 aliphatic rings. The number of benzene rings is 2. The average Bonchev–Trinajstić information content (AvgIpc) is 2.53. The molecule has 1 N–H and O–H groups in total. The summed E-state index contributed by atoms with van der Waals surface area (Å²) in [6.07, 6.45) is 0. The molecule has 0 fully saturated rings. The lowest BCUT2D eigenvalue weighted by atomic mass is 10.2. The summed E-state index contributed by atoms with van der Waals surface area (Å²) in [5.41, 5.74) is 1.37. The van der Waals surface area contributed by atoms with E-state index in [1.165, 1.54) is 6.07 Å². The molecule has 1 heterocycles. The van der Waals surface area contributed by atoms with Gasteiger partial charge >= 0.3 is 0 Å². The van der Waals surface area contributed by atoms with Crippen molar-refractivity contribution >= 4 is 16.8 Å². The summed E-state index contributed by atoms with van der Waals surface area (Å²) in [4.78, 5) is 12.0. The molecule has 4 nitrogen and oxygen atoms in total. The molecule has 104 valence electrons. The summed E-state index contributed by atoms with van der Waals surface area (Å²) in [6.45, 7) is 0.111. The van der Waals surface area contributed by atoms with Crippen LogP contribution in [0.1, 0.15) is 16.1 Å². The van der Waals surface area contributed by atoms with E-state index in [0.29, 0.717) is 5.56 Å². The maximum Gasteiger partial charge on any atom is 0.272 e. The van der Waals surface area contributed by atoms with Gasteiger partial charge in [-0.05, 0) is 18.2 Å². The fraction of sp³-hybridized carbons (Fsp3) is 0.0625. The van der Waals surface area contributed by atoms with Crippen LogP contribution in [0.25, 0.3) is 10.9 Å². The lowest BCUT2D eigenvalue weighted by Gasteiger charge is -2.06. The second-order valence-electron chi connectivity index (χ2n) is 4.56. The molecule has 0 aliphatic carbocycles. The van der Waals surface area contributed by atoms with E-state index >= 15 is 0 Å². The Morgan fingerprint density at radius 2 is 1.81 bits per heavy atom. The van der Waals surface area contributed by atoms with Crippen molar-refractivity contribution in [2.75, 3.05) is 0 Å². The highest BCUT2D eigenvalue weighted by Gasteiger charge is 2.10. The molecule has 3 aromatic rings. The zero-order chi connectivity index (χ0) is 14.7. The van der Waals surface area contributed by atoms with E-state index in [9.17, 15) is 9.18 Å². The minimum absolute atomic E-state index is 0.111. The smallest absolute Gasteiger partial charge is 0.272 e. The van der Waals surface area contributed by atoms with Gasteiger partial charge in [-0.25, -0.2) is 4.39 Å². The van der Waals surface area contributed by atoms with Crippen molar-refractivity contribution in [3.63, 3.8) is 0 Å². The number of nitrogens with one attached hydrogen (secondary N) is 1. The van der Waals surface area contributed by atoms with Crippen LogP contribution in [0.5, 0.6) is 0 Å². The number of nitrogens with zero attached hydrogens (tertiary/aromatic N) is 2. The molecule has 0 bridgehead atoms. The molecule has 0 atom stereocenters. The van der Waals surface area contributed by atoms with Gasteiger partial charge in [-0.1, -0.05) is 36.4 Å². The molecule has 0 saturated heterocycles. The number of hydrogen-bond acceptors (Lipinski definition) is 3. The predicted molar refractivity (Wildman–Crippen MR) is 77.1 cm³/mol. The normalized spacial score (nSPS) is 10.5. The van der Waals surface area contributed by atoms with Crippen LogP contribution in [0.3, 0.4) is 0 Å². The van der Waals surface area contributed by atoms with E-state index in [4.69, 9.17) is 0 Å². The number of carbonyl (C=O) groups is 1. The van der Waals surface area contributed by atoms with Crippen LogP contribution < -0.4 is 5.32 Å². The number of aromatic nitrogens is 2. The molecule has 0 radical (unpaired) electrons. The van der Waals surface area contributed by atoms with Crippen molar-refractivity contribution in [3.8, 4) is 0 Å². The van der Waals surface area contributed by atoms with Crippen molar-refractivity contribution in [1.29, 1.82) is 0 Å². The van der Waals surface area contributed by atoms with Gasteiger partial charge in [0.25, 0.3) is 5.91 Å². The Labute approximate surface area is 120 Å². The summed E-state index contributed by atoms with van der Waals surface area (Å²) in [6, 6.07) is 15.4. The Balaban J connectivity index is 1.76. The van der Waals surface area contributed by atoms with E-state index in [2.05, 4.69) is 15.5 Å². The molecular weight excluding hydrogens is 269 g/mol. The maximum absolute atomic E-state index is 13.5. The van der Waals surface area contributed by atoms with Crippen LogP contribution in [-0.2, 0) is 6.54 Å². The second kappa shape index (κ2) is 5.66. The maximum atomic E-state index is 13.5.